The Morgan fingerprint density at radius 3 is 1.41 bits per heavy atom. The van der Waals surface area contributed by atoms with Crippen LogP contribution in [0, 0.1) is 0 Å². The molecule has 0 aliphatic heterocycles. The minimum atomic E-state index is 0. The molecule has 2 aliphatic carbocycles. The largest absolute Gasteiger partial charge is 1.00 e. The minimum absolute atomic E-state index is 0. The predicted molar refractivity (Wildman–Crippen MR) is 83.1 cm³/mol. The third-order valence-electron chi connectivity index (χ3n) is 3.63. The van der Waals surface area contributed by atoms with Crippen molar-refractivity contribution in [1.29, 1.82) is 0 Å². The molecule has 0 amide bonds. The third kappa shape index (κ3) is 11.5. The first kappa shape index (κ1) is 25.2. The van der Waals surface area contributed by atoms with E-state index in [2.05, 4.69) is 64.2 Å². The van der Waals surface area contributed by atoms with E-state index in [0.29, 0.717) is 0 Å². The van der Waals surface area contributed by atoms with E-state index in [4.69, 9.17) is 0 Å². The van der Waals surface area contributed by atoms with Crippen LogP contribution in [0.4, 0.5) is 0 Å². The molecule has 2 atom stereocenters. The molecule has 0 aromatic rings. The van der Waals surface area contributed by atoms with Gasteiger partial charge < -0.3 is 24.8 Å². The van der Waals surface area contributed by atoms with Crippen molar-refractivity contribution in [2.24, 2.45) is 0 Å². The average molecular weight is 411 g/mol. The summed E-state index contributed by atoms with van der Waals surface area (Å²) in [4.78, 5) is 0. The zero-order chi connectivity index (χ0) is 14.8. The second-order valence-electron chi connectivity index (χ2n) is 5.56. The van der Waals surface area contributed by atoms with Crippen LogP contribution in [-0.4, -0.2) is 0 Å². The molecular formula is C18H28Cl2Ti2. The van der Waals surface area contributed by atoms with Gasteiger partial charge in [-0.15, -0.1) is 0 Å². The Morgan fingerprint density at radius 2 is 1.18 bits per heavy atom. The van der Waals surface area contributed by atoms with Gasteiger partial charge in [0.15, 0.2) is 0 Å². The molecule has 0 spiro atoms. The number of allylic oxidation sites excluding steroid dienone is 8. The van der Waals surface area contributed by atoms with Gasteiger partial charge in [-0.25, -0.2) is 0 Å². The Morgan fingerprint density at radius 1 is 0.818 bits per heavy atom. The molecule has 122 valence electrons. The van der Waals surface area contributed by atoms with Gasteiger partial charge in [0.1, 0.15) is 0 Å². The van der Waals surface area contributed by atoms with Crippen LogP contribution in [0.1, 0.15) is 53.4 Å². The van der Waals surface area contributed by atoms with Gasteiger partial charge in [0.25, 0.3) is 0 Å². The minimum Gasteiger partial charge on any atom is -1.00 e. The van der Waals surface area contributed by atoms with E-state index < -0.39 is 0 Å². The maximum atomic E-state index is 2.37. The maximum absolute atomic E-state index is 2.37. The van der Waals surface area contributed by atoms with Crippen LogP contribution < -0.4 is 24.8 Å². The molecule has 0 bridgehead atoms. The van der Waals surface area contributed by atoms with Gasteiger partial charge in [-0.1, -0.05) is 0 Å². The van der Waals surface area contributed by atoms with Crippen molar-refractivity contribution in [3.63, 3.8) is 0 Å². The van der Waals surface area contributed by atoms with Gasteiger partial charge in [-0.2, -0.15) is 0 Å². The molecule has 2 aliphatic rings. The molecule has 22 heavy (non-hydrogen) atoms. The van der Waals surface area contributed by atoms with E-state index >= 15 is 0 Å². The first-order valence-corrected chi connectivity index (χ1v) is 11.3. The quantitative estimate of drug-likeness (QED) is 0.551. The standard InChI is InChI=1S/2C5H5.2C4H9.2ClH.2Ti/c2*1-2-4-5-3-1;2*1-3-4-2;;;;/h2*1-3H,4H2;2*3H,4H2,1-2H3;2*1H;;/q;;;;;;2*+1/p-2. The predicted octanol–water partition coefficient (Wildman–Crippen LogP) is 0.270. The summed E-state index contributed by atoms with van der Waals surface area (Å²) >= 11 is 0.458. The monoisotopic (exact) mass is 410 g/mol. The van der Waals surface area contributed by atoms with E-state index in [1.54, 1.807) is 7.76 Å². The van der Waals surface area contributed by atoms with Gasteiger partial charge in [0.05, 0.1) is 0 Å². The van der Waals surface area contributed by atoms with Crippen molar-refractivity contribution in [2.75, 3.05) is 0 Å². The van der Waals surface area contributed by atoms with Gasteiger partial charge >= 0.3 is 144 Å². The smallest absolute Gasteiger partial charge is 1.00 e. The van der Waals surface area contributed by atoms with Crippen molar-refractivity contribution in [1.82, 2.24) is 0 Å². The van der Waals surface area contributed by atoms with Gasteiger partial charge in [-0.3, -0.25) is 0 Å². The molecular weight excluding hydrogens is 383 g/mol. The molecule has 0 nitrogen and oxygen atoms in total. The maximum Gasteiger partial charge on any atom is -1.00 e. The molecule has 0 aromatic heterocycles. The molecule has 0 N–H and O–H groups in total. The van der Waals surface area contributed by atoms with Gasteiger partial charge in [-0.05, 0) is 0 Å². The Hall–Kier alpha value is 0.969. The second-order valence-corrected chi connectivity index (χ2v) is 11.5. The van der Waals surface area contributed by atoms with Crippen molar-refractivity contribution < 1.29 is 63.1 Å². The molecule has 0 saturated heterocycles. The van der Waals surface area contributed by atoms with Crippen LogP contribution >= 0.6 is 0 Å². The Balaban J connectivity index is 0. The van der Waals surface area contributed by atoms with Crippen LogP contribution in [0.3, 0.4) is 0 Å². The molecule has 2 rings (SSSR count). The Bertz CT molecular complexity index is 360. The molecule has 4 heteroatoms. The van der Waals surface area contributed by atoms with Crippen LogP contribution in [0.25, 0.3) is 0 Å². The SMILES string of the molecule is CC[CH](C)[Ti+][C]1=CC=CC1.CC[CH](C)[Ti+][C]1=CC=CC1.[Cl-].[Cl-]. The normalized spacial score (nSPS) is 16.7. The average Bonchev–Trinajstić information content (AvgIpc) is 3.12. The van der Waals surface area contributed by atoms with Crippen molar-refractivity contribution in [3.05, 3.63) is 44.2 Å². The number of hydrogen-bond acceptors (Lipinski definition) is 0. The molecule has 0 fully saturated rings. The molecule has 0 radical (unpaired) electrons. The third-order valence-corrected chi connectivity index (χ3v) is 8.76. The zero-order valence-electron chi connectivity index (χ0n) is 14.2. The van der Waals surface area contributed by atoms with Crippen LogP contribution in [0.2, 0.25) is 8.45 Å². The summed E-state index contributed by atoms with van der Waals surface area (Å²) in [6.07, 6.45) is 18.8. The van der Waals surface area contributed by atoms with Crippen molar-refractivity contribution in [3.8, 4) is 0 Å². The second kappa shape index (κ2) is 15.5. The fourth-order valence-corrected chi connectivity index (χ4v) is 5.90. The summed E-state index contributed by atoms with van der Waals surface area (Å²) in [5.74, 6) is 0. The fraction of sp³-hybridized carbons (Fsp3) is 0.556. The van der Waals surface area contributed by atoms with E-state index in [0.717, 1.165) is 8.45 Å². The Labute approximate surface area is 168 Å². The topological polar surface area (TPSA) is 0 Å². The van der Waals surface area contributed by atoms with Crippen LogP contribution in [-0.2, 0) is 38.3 Å². The molecule has 2 unspecified atom stereocenters. The molecule has 0 aromatic carbocycles. The Kier molecular flexibility index (Phi) is 17.8. The van der Waals surface area contributed by atoms with E-state index in [1.807, 2.05) is 0 Å². The van der Waals surface area contributed by atoms with Crippen LogP contribution in [0.15, 0.2) is 44.2 Å². The fourth-order valence-electron chi connectivity index (χ4n) is 1.95. The summed E-state index contributed by atoms with van der Waals surface area (Å²) in [6.45, 7) is 9.33. The summed E-state index contributed by atoms with van der Waals surface area (Å²) in [7, 11) is 0. The number of halogens is 2. The van der Waals surface area contributed by atoms with Gasteiger partial charge in [0, 0.05) is 0 Å². The van der Waals surface area contributed by atoms with Gasteiger partial charge in [0.2, 0.25) is 0 Å². The van der Waals surface area contributed by atoms with Crippen LogP contribution in [0.5, 0.6) is 0 Å². The van der Waals surface area contributed by atoms with E-state index in [-0.39, 0.29) is 63.1 Å². The van der Waals surface area contributed by atoms with Crippen molar-refractivity contribution in [2.45, 2.75) is 61.8 Å². The molecule has 0 heterocycles. The molecule has 0 saturated carbocycles. The summed E-state index contributed by atoms with van der Waals surface area (Å²) in [6, 6.07) is 0. The van der Waals surface area contributed by atoms with E-state index in [9.17, 15) is 0 Å². The van der Waals surface area contributed by atoms with E-state index in [1.165, 1.54) is 25.7 Å². The first-order chi connectivity index (χ1) is 9.65. The summed E-state index contributed by atoms with van der Waals surface area (Å²) < 4.78 is 5.45. The summed E-state index contributed by atoms with van der Waals surface area (Å²) in [5.41, 5.74) is 0. The first-order valence-electron chi connectivity index (χ1n) is 7.90. The number of hydrogen-bond donors (Lipinski definition) is 0. The number of rotatable bonds is 6. The summed E-state index contributed by atoms with van der Waals surface area (Å²) in [5, 5.41) is 0. The van der Waals surface area contributed by atoms with Crippen molar-refractivity contribution >= 4 is 0 Å². The zero-order valence-corrected chi connectivity index (χ0v) is 18.8.